The van der Waals surface area contributed by atoms with Crippen LogP contribution in [-0.2, 0) is 17.2 Å². The third-order valence-corrected chi connectivity index (χ3v) is 1.31. The van der Waals surface area contributed by atoms with Crippen LogP contribution in [0, 0.1) is 0 Å². The number of hydrogen-bond donors (Lipinski definition) is 0. The van der Waals surface area contributed by atoms with Crippen molar-refractivity contribution >= 4 is 11.6 Å². The zero-order chi connectivity index (χ0) is 7.40. The molecule has 0 atom stereocenters. The molecule has 0 saturated heterocycles. The summed E-state index contributed by atoms with van der Waals surface area (Å²) >= 11 is 5.48. The molecule has 4 heteroatoms. The summed E-state index contributed by atoms with van der Waals surface area (Å²) in [6.45, 7) is 0.448. The van der Waals surface area contributed by atoms with E-state index < -0.39 is 0 Å². The van der Waals surface area contributed by atoms with Crippen LogP contribution in [-0.4, -0.2) is 12.3 Å². The zero-order valence-corrected chi connectivity index (χ0v) is 6.39. The number of ether oxygens (including phenoxy) is 1. The molecular weight excluding hydrogens is 154 g/mol. The van der Waals surface area contributed by atoms with Gasteiger partial charge in [0.25, 0.3) is 0 Å². The third-order valence-electron chi connectivity index (χ3n) is 1.03. The van der Waals surface area contributed by atoms with Crippen molar-refractivity contribution in [3.05, 3.63) is 17.5 Å². The molecule has 1 aromatic rings. The summed E-state index contributed by atoms with van der Waals surface area (Å²) in [6.07, 6.45) is 0. The van der Waals surface area contributed by atoms with Crippen LogP contribution in [0.5, 0.6) is 0 Å². The minimum Gasteiger partial charge on any atom is -0.377 e. The highest BCUT2D eigenvalue weighted by Crippen LogP contribution is 2.06. The third kappa shape index (κ3) is 1.72. The fourth-order valence-corrected chi connectivity index (χ4v) is 0.755. The van der Waals surface area contributed by atoms with Gasteiger partial charge in [-0.1, -0.05) is 5.16 Å². The maximum Gasteiger partial charge on any atom is 0.162 e. The Morgan fingerprint density at radius 2 is 2.60 bits per heavy atom. The lowest BCUT2D eigenvalue weighted by Crippen LogP contribution is -1.81. The lowest BCUT2D eigenvalue weighted by Gasteiger charge is -1.87. The monoisotopic (exact) mass is 161 g/mol. The molecule has 1 rings (SSSR count). The van der Waals surface area contributed by atoms with Crippen molar-refractivity contribution in [3.8, 4) is 0 Å². The van der Waals surface area contributed by atoms with E-state index >= 15 is 0 Å². The molecule has 1 aromatic heterocycles. The highest BCUT2D eigenvalue weighted by Gasteiger charge is 2.00. The summed E-state index contributed by atoms with van der Waals surface area (Å²) in [5.74, 6) is 1.09. The van der Waals surface area contributed by atoms with Crippen molar-refractivity contribution in [2.45, 2.75) is 12.5 Å². The predicted octanol–water partition coefficient (Wildman–Crippen LogP) is 1.56. The molecule has 3 nitrogen and oxygen atoms in total. The van der Waals surface area contributed by atoms with Gasteiger partial charge in [0, 0.05) is 13.2 Å². The second-order valence-corrected chi connectivity index (χ2v) is 2.12. The van der Waals surface area contributed by atoms with Crippen molar-refractivity contribution in [2.24, 2.45) is 0 Å². The molecule has 0 aliphatic heterocycles. The van der Waals surface area contributed by atoms with Gasteiger partial charge in [-0.25, -0.2) is 0 Å². The van der Waals surface area contributed by atoms with E-state index in [0.717, 1.165) is 5.69 Å². The lowest BCUT2D eigenvalue weighted by atomic mass is 10.4. The van der Waals surface area contributed by atoms with Gasteiger partial charge in [0.05, 0.1) is 11.6 Å². The van der Waals surface area contributed by atoms with Gasteiger partial charge in [0.15, 0.2) is 5.76 Å². The zero-order valence-electron chi connectivity index (χ0n) is 5.63. The van der Waals surface area contributed by atoms with Crippen molar-refractivity contribution < 1.29 is 9.26 Å². The predicted molar refractivity (Wildman–Crippen MR) is 36.8 cm³/mol. The Hall–Kier alpha value is -0.540. The van der Waals surface area contributed by atoms with Crippen LogP contribution in [0.2, 0.25) is 0 Å². The molecule has 0 N–H and O–H groups in total. The summed E-state index contributed by atoms with van der Waals surface area (Å²) in [5.41, 5.74) is 0.744. The van der Waals surface area contributed by atoms with Gasteiger partial charge in [-0.15, -0.1) is 11.6 Å². The molecule has 0 spiro atoms. The quantitative estimate of drug-likeness (QED) is 0.632. The highest BCUT2D eigenvalue weighted by atomic mass is 35.5. The number of halogens is 1. The number of aromatic nitrogens is 1. The molecule has 10 heavy (non-hydrogen) atoms. The largest absolute Gasteiger partial charge is 0.377 e. The van der Waals surface area contributed by atoms with Crippen molar-refractivity contribution in [1.82, 2.24) is 5.16 Å². The minimum atomic E-state index is 0.382. The van der Waals surface area contributed by atoms with E-state index in [0.29, 0.717) is 18.2 Å². The molecule has 0 aliphatic rings. The molecule has 0 radical (unpaired) electrons. The standard InChI is InChI=1S/C6H8ClNO2/c1-9-4-6-2-5(3-7)8-10-6/h2H,3-4H2,1H3. The van der Waals surface area contributed by atoms with Gasteiger partial charge >= 0.3 is 0 Å². The van der Waals surface area contributed by atoms with E-state index in [9.17, 15) is 0 Å². The van der Waals surface area contributed by atoms with E-state index in [4.69, 9.17) is 20.9 Å². The van der Waals surface area contributed by atoms with E-state index in [-0.39, 0.29) is 0 Å². The first-order valence-electron chi connectivity index (χ1n) is 2.86. The van der Waals surface area contributed by atoms with Crippen LogP contribution < -0.4 is 0 Å². The Morgan fingerprint density at radius 3 is 3.10 bits per heavy atom. The minimum absolute atomic E-state index is 0.382. The Labute approximate surface area is 63.9 Å². The van der Waals surface area contributed by atoms with Gasteiger partial charge in [0.2, 0.25) is 0 Å². The molecule has 0 fully saturated rings. The maximum atomic E-state index is 5.48. The second-order valence-electron chi connectivity index (χ2n) is 1.85. The van der Waals surface area contributed by atoms with Crippen LogP contribution in [0.3, 0.4) is 0 Å². The van der Waals surface area contributed by atoms with Crippen LogP contribution in [0.1, 0.15) is 11.5 Å². The summed E-state index contributed by atoms with van der Waals surface area (Å²) in [7, 11) is 1.60. The number of rotatable bonds is 3. The van der Waals surface area contributed by atoms with Gasteiger partial charge in [-0.3, -0.25) is 0 Å². The summed E-state index contributed by atoms with van der Waals surface area (Å²) in [6, 6.07) is 1.77. The first-order chi connectivity index (χ1) is 4.86. The van der Waals surface area contributed by atoms with Crippen LogP contribution in [0.15, 0.2) is 10.6 Å². The van der Waals surface area contributed by atoms with E-state index in [2.05, 4.69) is 5.16 Å². The number of nitrogens with zero attached hydrogens (tertiary/aromatic N) is 1. The average molecular weight is 162 g/mol. The topological polar surface area (TPSA) is 35.3 Å². The van der Waals surface area contributed by atoms with E-state index in [1.807, 2.05) is 0 Å². The maximum absolute atomic E-state index is 5.48. The number of methoxy groups -OCH3 is 1. The molecule has 0 aliphatic carbocycles. The Balaban J connectivity index is 2.59. The average Bonchev–Trinajstić information content (AvgIpc) is 2.37. The SMILES string of the molecule is COCc1cc(CCl)no1. The molecule has 0 amide bonds. The summed E-state index contributed by atoms with van der Waals surface area (Å²) in [5, 5.41) is 3.67. The highest BCUT2D eigenvalue weighted by molar-refractivity contribution is 6.16. The lowest BCUT2D eigenvalue weighted by molar-refractivity contribution is 0.156. The molecule has 56 valence electrons. The second kappa shape index (κ2) is 3.58. The summed E-state index contributed by atoms with van der Waals surface area (Å²) in [4.78, 5) is 0. The van der Waals surface area contributed by atoms with Crippen LogP contribution in [0.25, 0.3) is 0 Å². The fourth-order valence-electron chi connectivity index (χ4n) is 0.629. The van der Waals surface area contributed by atoms with Crippen molar-refractivity contribution in [3.63, 3.8) is 0 Å². The smallest absolute Gasteiger partial charge is 0.162 e. The van der Waals surface area contributed by atoms with Crippen molar-refractivity contribution in [2.75, 3.05) is 7.11 Å². The number of alkyl halides is 1. The molecule has 0 aromatic carbocycles. The first-order valence-corrected chi connectivity index (χ1v) is 3.39. The van der Waals surface area contributed by atoms with Gasteiger partial charge in [0.1, 0.15) is 6.61 Å². The first kappa shape index (κ1) is 7.57. The van der Waals surface area contributed by atoms with E-state index in [1.165, 1.54) is 0 Å². The molecule has 0 unspecified atom stereocenters. The molecule has 0 bridgehead atoms. The molecule has 1 heterocycles. The van der Waals surface area contributed by atoms with Crippen LogP contribution in [0.4, 0.5) is 0 Å². The Kier molecular flexibility index (Phi) is 2.71. The van der Waals surface area contributed by atoms with Gasteiger partial charge in [-0.2, -0.15) is 0 Å². The fraction of sp³-hybridized carbons (Fsp3) is 0.500. The van der Waals surface area contributed by atoms with Crippen LogP contribution >= 0.6 is 11.6 Å². The summed E-state index contributed by atoms with van der Waals surface area (Å²) < 4.78 is 9.65. The molecular formula is C6H8ClNO2. The number of hydrogen-bond acceptors (Lipinski definition) is 3. The Bertz CT molecular complexity index is 199. The van der Waals surface area contributed by atoms with Gasteiger partial charge < -0.3 is 9.26 Å². The normalized spacial score (nSPS) is 10.2. The molecule has 0 saturated carbocycles. The van der Waals surface area contributed by atoms with Crippen molar-refractivity contribution in [1.29, 1.82) is 0 Å². The Morgan fingerprint density at radius 1 is 1.80 bits per heavy atom. The van der Waals surface area contributed by atoms with E-state index in [1.54, 1.807) is 13.2 Å². The van der Waals surface area contributed by atoms with Gasteiger partial charge in [-0.05, 0) is 0 Å².